The average Bonchev–Trinajstić information content (AvgIpc) is 3.01. The van der Waals surface area contributed by atoms with E-state index in [0.717, 1.165) is 44.7 Å². The van der Waals surface area contributed by atoms with Crippen LogP contribution in [0.1, 0.15) is 24.1 Å². The maximum absolute atomic E-state index is 12.7. The summed E-state index contributed by atoms with van der Waals surface area (Å²) < 4.78 is 0. The van der Waals surface area contributed by atoms with Gasteiger partial charge in [0.1, 0.15) is 0 Å². The number of thiazole rings is 1. The van der Waals surface area contributed by atoms with Gasteiger partial charge >= 0.3 is 6.03 Å². The Bertz CT molecular complexity index is 706. The zero-order valence-corrected chi connectivity index (χ0v) is 15.8. The Morgan fingerprint density at radius 2 is 2.08 bits per heavy atom. The van der Waals surface area contributed by atoms with Gasteiger partial charge in [0.05, 0.1) is 11.2 Å². The van der Waals surface area contributed by atoms with Crippen LogP contribution in [0.25, 0.3) is 0 Å². The number of nitrogens with one attached hydrogen (secondary N) is 1. The van der Waals surface area contributed by atoms with Crippen LogP contribution < -0.4 is 5.32 Å². The Labute approximate surface area is 159 Å². The molecule has 1 aromatic carbocycles. The molecule has 0 unspecified atom stereocenters. The highest BCUT2D eigenvalue weighted by Crippen LogP contribution is 2.28. The Hall–Kier alpha value is -1.92. The van der Waals surface area contributed by atoms with Crippen LogP contribution in [-0.4, -0.2) is 53.0 Å². The number of aromatic nitrogens is 1. The first-order chi connectivity index (χ1) is 12.8. The van der Waals surface area contributed by atoms with Crippen molar-refractivity contribution < 1.29 is 4.79 Å². The molecule has 1 aromatic heterocycles. The lowest BCUT2D eigenvalue weighted by Gasteiger charge is -2.36. The summed E-state index contributed by atoms with van der Waals surface area (Å²) in [5, 5.41) is 5.26. The van der Waals surface area contributed by atoms with Crippen LogP contribution in [0.15, 0.2) is 41.2 Å². The van der Waals surface area contributed by atoms with Crippen LogP contribution in [0.5, 0.6) is 0 Å². The minimum Gasteiger partial charge on any atom is -0.338 e. The summed E-state index contributed by atoms with van der Waals surface area (Å²) in [7, 11) is 0. The second kappa shape index (κ2) is 8.18. The van der Waals surface area contributed by atoms with Gasteiger partial charge in [-0.05, 0) is 30.7 Å². The van der Waals surface area contributed by atoms with E-state index in [1.54, 1.807) is 11.3 Å². The van der Waals surface area contributed by atoms with Crippen LogP contribution in [0, 0.1) is 5.92 Å². The average molecular weight is 371 g/mol. The lowest BCUT2D eigenvalue weighted by molar-refractivity contribution is 0.140. The number of hydrogen-bond acceptors (Lipinski definition) is 4. The number of carbonyl (C=O) groups is 1. The molecule has 0 radical (unpaired) electrons. The Morgan fingerprint density at radius 3 is 2.88 bits per heavy atom. The van der Waals surface area contributed by atoms with Gasteiger partial charge in [0.2, 0.25) is 0 Å². The molecule has 2 aromatic rings. The minimum absolute atomic E-state index is 0.103. The number of urea groups is 1. The molecule has 5 rings (SSSR count). The molecule has 26 heavy (non-hydrogen) atoms. The summed E-state index contributed by atoms with van der Waals surface area (Å²) in [6, 6.07) is 10.7. The minimum atomic E-state index is 0.103. The lowest BCUT2D eigenvalue weighted by atomic mass is 9.95. The summed E-state index contributed by atoms with van der Waals surface area (Å²) >= 11 is 1.65. The fraction of sp³-hybridized carbons (Fsp3) is 0.500. The van der Waals surface area contributed by atoms with Gasteiger partial charge in [-0.2, -0.15) is 0 Å². The summed E-state index contributed by atoms with van der Waals surface area (Å²) in [6.07, 6.45) is 3.22. The molecule has 0 saturated carbocycles. The van der Waals surface area contributed by atoms with Crippen molar-refractivity contribution in [3.63, 3.8) is 0 Å². The van der Waals surface area contributed by atoms with Crippen molar-refractivity contribution in [3.8, 4) is 0 Å². The Kier molecular flexibility index (Phi) is 5.51. The summed E-state index contributed by atoms with van der Waals surface area (Å²) in [4.78, 5) is 21.7. The number of piperidine rings is 1. The molecule has 6 heteroatoms. The van der Waals surface area contributed by atoms with E-state index in [0.29, 0.717) is 18.5 Å². The van der Waals surface area contributed by atoms with E-state index in [-0.39, 0.29) is 6.03 Å². The van der Waals surface area contributed by atoms with Crippen molar-refractivity contribution >= 4 is 17.4 Å². The molecule has 2 atom stereocenters. The van der Waals surface area contributed by atoms with E-state index < -0.39 is 0 Å². The summed E-state index contributed by atoms with van der Waals surface area (Å²) in [6.45, 7) is 4.51. The lowest BCUT2D eigenvalue weighted by Crippen LogP contribution is -2.51. The third kappa shape index (κ3) is 4.24. The molecule has 3 aliphatic heterocycles. The SMILES string of the molecule is O=C(NCCc1ccccc1)N1C[C@H]2CC[C@@H]1CN(Cc1cscn1)C2. The molecule has 3 saturated heterocycles. The second-order valence-electron chi connectivity index (χ2n) is 7.39. The number of nitrogens with zero attached hydrogens (tertiary/aromatic N) is 3. The first kappa shape index (κ1) is 17.5. The van der Waals surface area contributed by atoms with Crippen molar-refractivity contribution in [3.05, 3.63) is 52.5 Å². The van der Waals surface area contributed by atoms with Gasteiger partial charge in [-0.1, -0.05) is 30.3 Å². The molecular formula is C20H26N4OS. The second-order valence-corrected chi connectivity index (χ2v) is 8.11. The normalized spacial score (nSPS) is 23.0. The van der Waals surface area contributed by atoms with Gasteiger partial charge in [-0.25, -0.2) is 9.78 Å². The van der Waals surface area contributed by atoms with Crippen LogP contribution in [0.3, 0.4) is 0 Å². The van der Waals surface area contributed by atoms with Gasteiger partial charge in [0.25, 0.3) is 0 Å². The third-order valence-corrected chi connectivity index (χ3v) is 6.09. The van der Waals surface area contributed by atoms with E-state index in [4.69, 9.17) is 0 Å². The number of rotatable bonds is 5. The van der Waals surface area contributed by atoms with Gasteiger partial charge in [-0.3, -0.25) is 4.90 Å². The molecule has 4 heterocycles. The first-order valence-corrected chi connectivity index (χ1v) is 10.4. The predicted molar refractivity (Wildman–Crippen MR) is 104 cm³/mol. The van der Waals surface area contributed by atoms with Gasteiger partial charge < -0.3 is 10.2 Å². The van der Waals surface area contributed by atoms with Crippen LogP contribution in [0.2, 0.25) is 0 Å². The topological polar surface area (TPSA) is 48.5 Å². The molecule has 0 spiro atoms. The fourth-order valence-corrected chi connectivity index (χ4v) is 4.71. The van der Waals surface area contributed by atoms with E-state index in [2.05, 4.69) is 37.6 Å². The van der Waals surface area contributed by atoms with E-state index in [1.165, 1.54) is 12.0 Å². The molecular weight excluding hydrogens is 344 g/mol. The van der Waals surface area contributed by atoms with E-state index in [1.807, 2.05) is 23.7 Å². The van der Waals surface area contributed by atoms with Crippen molar-refractivity contribution in [1.82, 2.24) is 20.1 Å². The monoisotopic (exact) mass is 370 g/mol. The predicted octanol–water partition coefficient (Wildman–Crippen LogP) is 2.99. The van der Waals surface area contributed by atoms with Crippen molar-refractivity contribution in [1.29, 1.82) is 0 Å². The third-order valence-electron chi connectivity index (χ3n) is 5.45. The molecule has 5 nitrogen and oxygen atoms in total. The smallest absolute Gasteiger partial charge is 0.317 e. The highest BCUT2D eigenvalue weighted by Gasteiger charge is 2.37. The molecule has 3 fully saturated rings. The molecule has 3 aliphatic rings. The maximum Gasteiger partial charge on any atom is 0.317 e. The first-order valence-electron chi connectivity index (χ1n) is 9.46. The highest BCUT2D eigenvalue weighted by atomic mass is 32.1. The number of carbonyl (C=O) groups excluding carboxylic acids is 1. The fourth-order valence-electron chi connectivity index (χ4n) is 4.16. The van der Waals surface area contributed by atoms with Crippen molar-refractivity contribution in [2.24, 2.45) is 5.92 Å². The molecule has 2 bridgehead atoms. The number of hydrogen-bond donors (Lipinski definition) is 1. The standard InChI is InChI=1S/C20H26N4OS/c25-20(21-9-8-16-4-2-1-3-5-16)24-11-17-6-7-19(24)13-23(10-17)12-18-14-26-15-22-18/h1-5,14-15,17,19H,6-13H2,(H,21,25)/t17-,19+/m0/s1. The van der Waals surface area contributed by atoms with Crippen LogP contribution >= 0.6 is 11.3 Å². The number of benzene rings is 1. The largest absolute Gasteiger partial charge is 0.338 e. The Morgan fingerprint density at radius 1 is 1.19 bits per heavy atom. The van der Waals surface area contributed by atoms with E-state index >= 15 is 0 Å². The number of fused-ring (bicyclic) bond motifs is 4. The molecule has 1 N–H and O–H groups in total. The summed E-state index contributed by atoms with van der Waals surface area (Å²) in [5.74, 6) is 0.576. The van der Waals surface area contributed by atoms with Crippen LogP contribution in [0.4, 0.5) is 4.79 Å². The zero-order chi connectivity index (χ0) is 17.8. The quantitative estimate of drug-likeness (QED) is 0.880. The van der Waals surface area contributed by atoms with Gasteiger partial charge in [0, 0.05) is 44.1 Å². The van der Waals surface area contributed by atoms with E-state index in [9.17, 15) is 4.79 Å². The Balaban J connectivity index is 1.31. The molecule has 138 valence electrons. The van der Waals surface area contributed by atoms with Crippen molar-refractivity contribution in [2.45, 2.75) is 31.8 Å². The van der Waals surface area contributed by atoms with Crippen LogP contribution in [-0.2, 0) is 13.0 Å². The maximum atomic E-state index is 12.7. The molecule has 2 amide bonds. The van der Waals surface area contributed by atoms with Crippen molar-refractivity contribution in [2.75, 3.05) is 26.2 Å². The zero-order valence-electron chi connectivity index (χ0n) is 15.0. The van der Waals surface area contributed by atoms with Gasteiger partial charge in [0.15, 0.2) is 0 Å². The number of amides is 2. The molecule has 0 aliphatic carbocycles. The highest BCUT2D eigenvalue weighted by molar-refractivity contribution is 7.07. The van der Waals surface area contributed by atoms with Gasteiger partial charge in [-0.15, -0.1) is 11.3 Å². The summed E-state index contributed by atoms with van der Waals surface area (Å²) in [5.41, 5.74) is 4.31.